The Morgan fingerprint density at radius 1 is 0.672 bits per heavy atom. The molecule has 9 atom stereocenters. The van der Waals surface area contributed by atoms with E-state index in [0.29, 0.717) is 11.3 Å². The van der Waals surface area contributed by atoms with Crippen LogP contribution in [0.3, 0.4) is 0 Å². The Balaban J connectivity index is 2.18. The van der Waals surface area contributed by atoms with Gasteiger partial charge in [0.05, 0.1) is 31.7 Å². The number of H-pyrrole nitrogens is 1. The molecule has 0 spiro atoms. The highest BCUT2D eigenvalue weighted by atomic mass is 16.6. The van der Waals surface area contributed by atoms with Crippen molar-refractivity contribution >= 4 is 59.4 Å². The summed E-state index contributed by atoms with van der Waals surface area (Å²) in [7, 11) is 0. The zero-order valence-electron chi connectivity index (χ0n) is 37.7. The van der Waals surface area contributed by atoms with Crippen LogP contribution in [-0.2, 0) is 60.7 Å². The van der Waals surface area contributed by atoms with Crippen LogP contribution in [0.1, 0.15) is 65.6 Å². The Labute approximate surface area is 384 Å². The minimum atomic E-state index is -1.79. The Morgan fingerprint density at radius 3 is 1.75 bits per heavy atom. The summed E-state index contributed by atoms with van der Waals surface area (Å²) in [5.41, 5.74) is 0.0231. The average molecular weight is 949 g/mol. The van der Waals surface area contributed by atoms with Crippen molar-refractivity contribution in [1.82, 2.24) is 52.5 Å². The number of nitrogens with zero attached hydrogens (tertiary/aromatic N) is 1. The standard InChI is InChI=1S/C41H60N10O16/c1-20(45-35(60)27(15-24-16-42-19-44-24)49-40(66)67-41(4,5)6)33(58)46-25(12-13-30(56)57)34(59)43-17-29(55)50-31(21(2)53)37(62)47-26(14-23-10-8-7-9-11-23)36(61)51-32(22(3)54)38(63)48-28(18-52)39(64)65/h7-11,16,19-22,25-28,31-32,52-54H,12-15,17-18H2,1-6H3,(H,42,44)(H,43,59)(H,45,60)(H,46,58)(H,47,62)(H,48,63)(H,49,66)(H,50,55)(H,51,61)(H,56,57)(H,64,65)/t20-,21+,22+,25-,26-,27-,28-,31-,32-/m0/s1. The number of carboxylic acids is 2. The molecule has 1 aromatic carbocycles. The summed E-state index contributed by atoms with van der Waals surface area (Å²) in [6, 6.07) is -3.04. The van der Waals surface area contributed by atoms with Gasteiger partial charge in [0, 0.05) is 31.2 Å². The highest BCUT2D eigenvalue weighted by Gasteiger charge is 2.35. The summed E-state index contributed by atoms with van der Waals surface area (Å²) in [5, 5.41) is 66.8. The third-order valence-corrected chi connectivity index (χ3v) is 9.30. The van der Waals surface area contributed by atoms with Crippen molar-refractivity contribution < 1.29 is 78.2 Å². The minimum Gasteiger partial charge on any atom is -0.481 e. The zero-order valence-corrected chi connectivity index (χ0v) is 37.7. The van der Waals surface area contributed by atoms with Gasteiger partial charge in [-0.3, -0.25) is 38.4 Å². The first kappa shape index (κ1) is 55.9. The van der Waals surface area contributed by atoms with Gasteiger partial charge in [0.25, 0.3) is 0 Å². The van der Waals surface area contributed by atoms with Gasteiger partial charge >= 0.3 is 18.0 Å². The number of imidazole rings is 1. The largest absolute Gasteiger partial charge is 0.481 e. The first-order chi connectivity index (χ1) is 31.3. The predicted molar refractivity (Wildman–Crippen MR) is 231 cm³/mol. The van der Waals surface area contributed by atoms with E-state index in [1.807, 2.05) is 5.32 Å². The summed E-state index contributed by atoms with van der Waals surface area (Å²) in [5.74, 6) is -10.3. The fraction of sp³-hybridized carbons (Fsp3) is 0.537. The lowest BCUT2D eigenvalue weighted by atomic mass is 10.0. The van der Waals surface area contributed by atoms with E-state index in [1.165, 1.54) is 19.4 Å². The van der Waals surface area contributed by atoms with Gasteiger partial charge in [0.2, 0.25) is 41.4 Å². The molecule has 0 aliphatic carbocycles. The lowest BCUT2D eigenvalue weighted by Gasteiger charge is -2.27. The minimum absolute atomic E-state index is 0.0958. The van der Waals surface area contributed by atoms with Crippen molar-refractivity contribution in [2.45, 2.75) is 127 Å². The predicted octanol–water partition coefficient (Wildman–Crippen LogP) is -4.16. The Hall–Kier alpha value is -7.19. The van der Waals surface area contributed by atoms with Crippen molar-refractivity contribution in [3.63, 3.8) is 0 Å². The van der Waals surface area contributed by atoms with Gasteiger partial charge in [-0.05, 0) is 53.5 Å². The lowest BCUT2D eigenvalue weighted by molar-refractivity contribution is -0.144. The molecule has 8 amide bonds. The molecule has 0 aliphatic heterocycles. The molecular weight excluding hydrogens is 889 g/mol. The van der Waals surface area contributed by atoms with Crippen molar-refractivity contribution in [3.05, 3.63) is 54.1 Å². The van der Waals surface area contributed by atoms with Crippen LogP contribution in [0.4, 0.5) is 4.79 Å². The van der Waals surface area contributed by atoms with E-state index in [9.17, 15) is 73.5 Å². The van der Waals surface area contributed by atoms with Crippen LogP contribution in [0.2, 0.25) is 0 Å². The second kappa shape index (κ2) is 26.7. The number of ether oxygens (including phenoxy) is 1. The molecule has 67 heavy (non-hydrogen) atoms. The van der Waals surface area contributed by atoms with Gasteiger partial charge in [-0.15, -0.1) is 0 Å². The molecule has 14 N–H and O–H groups in total. The molecule has 0 fully saturated rings. The molecule has 370 valence electrons. The van der Waals surface area contributed by atoms with Crippen LogP contribution in [0, 0.1) is 0 Å². The summed E-state index contributed by atoms with van der Waals surface area (Å²) in [6.07, 6.45) is -2.88. The second-order valence-corrected chi connectivity index (χ2v) is 16.3. The van der Waals surface area contributed by atoms with Crippen molar-refractivity contribution in [2.75, 3.05) is 13.2 Å². The first-order valence-electron chi connectivity index (χ1n) is 20.8. The summed E-state index contributed by atoms with van der Waals surface area (Å²) < 4.78 is 5.24. The maximum Gasteiger partial charge on any atom is 0.408 e. The number of hydrogen-bond acceptors (Lipinski definition) is 15. The molecule has 26 heteroatoms. The molecule has 2 rings (SSSR count). The first-order valence-corrected chi connectivity index (χ1v) is 20.8. The quantitative estimate of drug-likeness (QED) is 0.0425. The Bertz CT molecular complexity index is 2030. The lowest BCUT2D eigenvalue weighted by Crippen LogP contribution is -2.62. The van der Waals surface area contributed by atoms with E-state index in [4.69, 9.17) is 4.74 Å². The normalized spacial score (nSPS) is 15.2. The number of nitrogens with one attached hydrogen (secondary N) is 9. The number of aromatic amines is 1. The van der Waals surface area contributed by atoms with Crippen molar-refractivity contribution in [1.29, 1.82) is 0 Å². The molecule has 0 radical (unpaired) electrons. The van der Waals surface area contributed by atoms with Gasteiger partial charge in [-0.25, -0.2) is 14.6 Å². The van der Waals surface area contributed by atoms with Crippen molar-refractivity contribution in [2.24, 2.45) is 0 Å². The number of carboxylic acid groups (broad SMARTS) is 2. The van der Waals surface area contributed by atoms with Gasteiger partial charge in [-0.2, -0.15) is 0 Å². The van der Waals surface area contributed by atoms with E-state index in [0.717, 1.165) is 13.8 Å². The number of rotatable bonds is 26. The molecule has 0 bridgehead atoms. The number of amides is 8. The van der Waals surface area contributed by atoms with E-state index in [1.54, 1.807) is 51.1 Å². The molecule has 0 unspecified atom stereocenters. The van der Waals surface area contributed by atoms with Crippen LogP contribution in [0.5, 0.6) is 0 Å². The summed E-state index contributed by atoms with van der Waals surface area (Å²) in [6.45, 7) is 6.41. The van der Waals surface area contributed by atoms with Crippen LogP contribution in [0.15, 0.2) is 42.9 Å². The number of aliphatic hydroxyl groups excluding tert-OH is 3. The number of hydrogen-bond donors (Lipinski definition) is 14. The number of aliphatic carboxylic acids is 2. The number of alkyl carbamates (subject to hydrolysis) is 1. The van der Waals surface area contributed by atoms with E-state index in [-0.39, 0.29) is 12.8 Å². The number of benzene rings is 1. The number of aliphatic hydroxyl groups is 3. The third-order valence-electron chi connectivity index (χ3n) is 9.30. The third kappa shape index (κ3) is 20.3. The van der Waals surface area contributed by atoms with Crippen LogP contribution >= 0.6 is 0 Å². The van der Waals surface area contributed by atoms with Gasteiger partial charge in [0.15, 0.2) is 0 Å². The zero-order chi connectivity index (χ0) is 50.6. The molecule has 0 saturated heterocycles. The smallest absolute Gasteiger partial charge is 0.408 e. The number of carbonyl (C=O) groups excluding carboxylic acids is 8. The van der Waals surface area contributed by atoms with E-state index < -0.39 is 145 Å². The van der Waals surface area contributed by atoms with Crippen LogP contribution < -0.4 is 42.5 Å². The molecule has 2 aromatic rings. The monoisotopic (exact) mass is 948 g/mol. The second-order valence-electron chi connectivity index (χ2n) is 16.3. The molecule has 1 aromatic heterocycles. The number of aromatic nitrogens is 2. The summed E-state index contributed by atoms with van der Waals surface area (Å²) in [4.78, 5) is 135. The van der Waals surface area contributed by atoms with E-state index >= 15 is 0 Å². The Kier molecular flexibility index (Phi) is 22.3. The average Bonchev–Trinajstić information content (AvgIpc) is 3.76. The van der Waals surface area contributed by atoms with Crippen LogP contribution in [0.25, 0.3) is 0 Å². The molecular formula is C41H60N10O16. The molecule has 0 saturated carbocycles. The fourth-order valence-electron chi connectivity index (χ4n) is 5.84. The maximum atomic E-state index is 13.6. The van der Waals surface area contributed by atoms with Gasteiger partial charge in [-0.1, -0.05) is 30.3 Å². The van der Waals surface area contributed by atoms with Crippen molar-refractivity contribution in [3.8, 4) is 0 Å². The van der Waals surface area contributed by atoms with Gasteiger partial charge < -0.3 is 77.8 Å². The summed E-state index contributed by atoms with van der Waals surface area (Å²) >= 11 is 0. The van der Waals surface area contributed by atoms with Crippen LogP contribution in [-0.4, -0.2) is 168 Å². The SMILES string of the molecule is C[C@H](NC(=O)[C@H](Cc1cnc[nH]1)NC(=O)OC(C)(C)C)C(=O)N[C@@H](CCC(=O)O)C(=O)NCC(=O)N[C@H](C(=O)N[C@@H](Cc1ccccc1)C(=O)N[C@H](C(=O)N[C@@H](CO)C(=O)O)[C@@H](C)O)[C@@H](C)O. The van der Waals surface area contributed by atoms with E-state index in [2.05, 4.69) is 47.2 Å². The fourth-order valence-corrected chi connectivity index (χ4v) is 5.84. The molecule has 1 heterocycles. The van der Waals surface area contributed by atoms with Gasteiger partial charge in [0.1, 0.15) is 47.9 Å². The molecule has 26 nitrogen and oxygen atoms in total. The number of carbonyl (C=O) groups is 10. The molecule has 0 aliphatic rings. The highest BCUT2D eigenvalue weighted by Crippen LogP contribution is 2.10. The highest BCUT2D eigenvalue weighted by molar-refractivity contribution is 5.97. The Morgan fingerprint density at radius 2 is 1.22 bits per heavy atom. The maximum absolute atomic E-state index is 13.6. The topological polar surface area (TPSA) is 406 Å².